The molecular formula is C15H24. The topological polar surface area (TPSA) is 0 Å². The van der Waals surface area contributed by atoms with Crippen LogP contribution in [0.15, 0.2) is 47.1 Å². The van der Waals surface area contributed by atoms with Gasteiger partial charge >= 0.3 is 0 Å². The minimum Gasteiger partial charge on any atom is -0.0991 e. The summed E-state index contributed by atoms with van der Waals surface area (Å²) >= 11 is 0. The molecule has 0 heterocycles. The van der Waals surface area contributed by atoms with E-state index in [2.05, 4.69) is 33.4 Å². The normalized spacial score (nSPS) is 16.6. The third-order valence-electron chi connectivity index (χ3n) is 2.78. The van der Waals surface area contributed by atoms with Crippen LogP contribution < -0.4 is 0 Å². The molecule has 0 fully saturated rings. The van der Waals surface area contributed by atoms with Crippen molar-refractivity contribution in [2.75, 3.05) is 0 Å². The lowest BCUT2D eigenvalue weighted by atomic mass is 9.87. The Morgan fingerprint density at radius 2 is 1.53 bits per heavy atom. The lowest BCUT2D eigenvalue weighted by Gasteiger charge is -2.18. The van der Waals surface area contributed by atoms with E-state index >= 15 is 0 Å². The van der Waals surface area contributed by atoms with E-state index in [0.29, 0.717) is 0 Å². The molecule has 0 unspecified atom stereocenters. The third-order valence-corrected chi connectivity index (χ3v) is 2.78. The number of allylic oxidation sites excluding steroid dienone is 7. The van der Waals surface area contributed by atoms with E-state index < -0.39 is 0 Å². The Bertz CT molecular complexity index is 298. The SMILES string of the molecule is C=C/C=C\C1=C(C)CCC(C)=C1C.CC. The number of hydrogen-bond acceptors (Lipinski definition) is 0. The highest BCUT2D eigenvalue weighted by Gasteiger charge is 2.10. The Morgan fingerprint density at radius 1 is 1.00 bits per heavy atom. The van der Waals surface area contributed by atoms with Crippen molar-refractivity contribution in [1.29, 1.82) is 0 Å². The standard InChI is InChI=1S/C13H18.C2H6/c1-5-6-7-13-11(3)9-8-10(2)12(13)4;1-2/h5-7H,1,8-9H2,2-4H3;1-2H3/b7-6-;. The first kappa shape index (κ1) is 14.0. The van der Waals surface area contributed by atoms with Crippen LogP contribution in [0.3, 0.4) is 0 Å². The highest BCUT2D eigenvalue weighted by atomic mass is 14.2. The Morgan fingerprint density at radius 3 is 2.07 bits per heavy atom. The first-order valence-electron chi connectivity index (χ1n) is 5.82. The van der Waals surface area contributed by atoms with Gasteiger partial charge in [0.05, 0.1) is 0 Å². The van der Waals surface area contributed by atoms with Crippen molar-refractivity contribution in [2.24, 2.45) is 0 Å². The second-order valence-corrected chi connectivity index (χ2v) is 3.69. The van der Waals surface area contributed by atoms with Crippen LogP contribution in [0.4, 0.5) is 0 Å². The van der Waals surface area contributed by atoms with Gasteiger partial charge in [0, 0.05) is 0 Å². The van der Waals surface area contributed by atoms with E-state index in [1.54, 1.807) is 0 Å². The van der Waals surface area contributed by atoms with Gasteiger partial charge in [0.2, 0.25) is 0 Å². The zero-order valence-electron chi connectivity index (χ0n) is 10.9. The molecule has 0 N–H and O–H groups in total. The summed E-state index contributed by atoms with van der Waals surface area (Å²) in [6.45, 7) is 14.3. The molecule has 0 saturated heterocycles. The molecule has 0 aromatic carbocycles. The molecule has 84 valence electrons. The summed E-state index contributed by atoms with van der Waals surface area (Å²) in [7, 11) is 0. The van der Waals surface area contributed by atoms with E-state index in [4.69, 9.17) is 0 Å². The van der Waals surface area contributed by atoms with E-state index in [9.17, 15) is 0 Å². The molecule has 0 bridgehead atoms. The van der Waals surface area contributed by atoms with Crippen molar-refractivity contribution in [3.8, 4) is 0 Å². The molecule has 0 atom stereocenters. The van der Waals surface area contributed by atoms with Crippen molar-refractivity contribution < 1.29 is 0 Å². The van der Waals surface area contributed by atoms with E-state index in [1.165, 1.54) is 35.1 Å². The fraction of sp³-hybridized carbons (Fsp3) is 0.467. The van der Waals surface area contributed by atoms with Gasteiger partial charge in [0.15, 0.2) is 0 Å². The first-order chi connectivity index (χ1) is 7.16. The molecule has 0 aromatic rings. The van der Waals surface area contributed by atoms with E-state index in [-0.39, 0.29) is 0 Å². The highest BCUT2D eigenvalue weighted by molar-refractivity contribution is 5.47. The summed E-state index contributed by atoms with van der Waals surface area (Å²) in [5, 5.41) is 0. The summed E-state index contributed by atoms with van der Waals surface area (Å²) in [6.07, 6.45) is 8.45. The molecule has 1 aliphatic carbocycles. The molecule has 0 radical (unpaired) electrons. The minimum absolute atomic E-state index is 1.21. The van der Waals surface area contributed by atoms with Gasteiger partial charge < -0.3 is 0 Å². The Labute approximate surface area is 95.1 Å². The zero-order chi connectivity index (χ0) is 11.8. The molecule has 0 nitrogen and oxygen atoms in total. The first-order valence-corrected chi connectivity index (χ1v) is 5.82. The van der Waals surface area contributed by atoms with Gasteiger partial charge in [0.1, 0.15) is 0 Å². The van der Waals surface area contributed by atoms with Crippen molar-refractivity contribution in [2.45, 2.75) is 47.5 Å². The van der Waals surface area contributed by atoms with Gasteiger partial charge in [-0.05, 0) is 44.8 Å². The van der Waals surface area contributed by atoms with Gasteiger partial charge in [0.25, 0.3) is 0 Å². The van der Waals surface area contributed by atoms with Gasteiger partial charge in [-0.2, -0.15) is 0 Å². The molecule has 1 aliphatic rings. The average molecular weight is 204 g/mol. The lowest BCUT2D eigenvalue weighted by Crippen LogP contribution is -1.99. The number of rotatable bonds is 2. The van der Waals surface area contributed by atoms with E-state index in [1.807, 2.05) is 26.0 Å². The van der Waals surface area contributed by atoms with Crippen molar-refractivity contribution in [1.82, 2.24) is 0 Å². The van der Waals surface area contributed by atoms with Crippen LogP contribution in [-0.2, 0) is 0 Å². The molecular weight excluding hydrogens is 180 g/mol. The fourth-order valence-electron chi connectivity index (χ4n) is 1.68. The van der Waals surface area contributed by atoms with E-state index in [0.717, 1.165) is 0 Å². The average Bonchev–Trinajstić information content (AvgIpc) is 2.27. The van der Waals surface area contributed by atoms with Crippen LogP contribution in [0.1, 0.15) is 47.5 Å². The van der Waals surface area contributed by atoms with Crippen LogP contribution in [0.2, 0.25) is 0 Å². The Kier molecular flexibility index (Phi) is 6.77. The molecule has 0 spiro atoms. The van der Waals surface area contributed by atoms with Gasteiger partial charge in [-0.3, -0.25) is 0 Å². The van der Waals surface area contributed by atoms with Gasteiger partial charge in [-0.15, -0.1) is 0 Å². The summed E-state index contributed by atoms with van der Waals surface area (Å²) in [4.78, 5) is 0. The summed E-state index contributed by atoms with van der Waals surface area (Å²) in [6, 6.07) is 0. The summed E-state index contributed by atoms with van der Waals surface area (Å²) < 4.78 is 0. The second kappa shape index (κ2) is 7.28. The highest BCUT2D eigenvalue weighted by Crippen LogP contribution is 2.30. The maximum atomic E-state index is 3.69. The zero-order valence-corrected chi connectivity index (χ0v) is 10.9. The molecule has 0 aromatic heterocycles. The predicted octanol–water partition coefficient (Wildman–Crippen LogP) is 5.20. The Balaban J connectivity index is 0.000000921. The maximum absolute atomic E-state index is 3.69. The predicted molar refractivity (Wildman–Crippen MR) is 71.0 cm³/mol. The van der Waals surface area contributed by atoms with Gasteiger partial charge in [-0.1, -0.05) is 49.8 Å². The van der Waals surface area contributed by atoms with Crippen LogP contribution in [0, 0.1) is 0 Å². The molecule has 15 heavy (non-hydrogen) atoms. The van der Waals surface area contributed by atoms with Crippen molar-refractivity contribution >= 4 is 0 Å². The second-order valence-electron chi connectivity index (χ2n) is 3.69. The van der Waals surface area contributed by atoms with Crippen molar-refractivity contribution in [3.63, 3.8) is 0 Å². The van der Waals surface area contributed by atoms with Crippen LogP contribution in [0.5, 0.6) is 0 Å². The molecule has 0 heteroatoms. The van der Waals surface area contributed by atoms with Gasteiger partial charge in [-0.25, -0.2) is 0 Å². The van der Waals surface area contributed by atoms with Crippen LogP contribution in [-0.4, -0.2) is 0 Å². The largest absolute Gasteiger partial charge is 0.0991 e. The van der Waals surface area contributed by atoms with Crippen LogP contribution in [0.25, 0.3) is 0 Å². The quantitative estimate of drug-likeness (QED) is 0.542. The summed E-state index contributed by atoms with van der Waals surface area (Å²) in [5.74, 6) is 0. The number of hydrogen-bond donors (Lipinski definition) is 0. The molecule has 1 rings (SSSR count). The van der Waals surface area contributed by atoms with Crippen molar-refractivity contribution in [3.05, 3.63) is 47.1 Å². The smallest absolute Gasteiger partial charge is 0.0239 e. The lowest BCUT2D eigenvalue weighted by molar-refractivity contribution is 0.873. The molecule has 0 amide bonds. The third kappa shape index (κ3) is 3.91. The fourth-order valence-corrected chi connectivity index (χ4v) is 1.68. The minimum atomic E-state index is 1.21. The summed E-state index contributed by atoms with van der Waals surface area (Å²) in [5.41, 5.74) is 5.88. The maximum Gasteiger partial charge on any atom is -0.0239 e. The Hall–Kier alpha value is -1.04. The molecule has 0 aliphatic heterocycles. The molecule has 0 saturated carbocycles. The monoisotopic (exact) mass is 204 g/mol. The van der Waals surface area contributed by atoms with Crippen LogP contribution >= 0.6 is 0 Å².